The van der Waals surface area contributed by atoms with Gasteiger partial charge in [-0.25, -0.2) is 0 Å². The van der Waals surface area contributed by atoms with Crippen LogP contribution in [0.4, 0.5) is 5.82 Å². The van der Waals surface area contributed by atoms with Crippen LogP contribution in [0.2, 0.25) is 5.02 Å². The zero-order valence-electron chi connectivity index (χ0n) is 15.6. The molecule has 146 valence electrons. The summed E-state index contributed by atoms with van der Waals surface area (Å²) >= 11 is 5.94. The van der Waals surface area contributed by atoms with Crippen molar-refractivity contribution >= 4 is 29.0 Å². The Labute approximate surface area is 168 Å². The molecule has 1 aliphatic heterocycles. The number of hydrogen-bond acceptors (Lipinski definition) is 5. The largest absolute Gasteiger partial charge is 0.355 e. The Kier molecular flexibility index (Phi) is 5.71. The molecule has 4 rings (SSSR count). The molecule has 0 radical (unpaired) electrons. The van der Waals surface area contributed by atoms with Gasteiger partial charge >= 0.3 is 0 Å². The van der Waals surface area contributed by atoms with Crippen LogP contribution in [-0.4, -0.2) is 45.4 Å². The van der Waals surface area contributed by atoms with E-state index in [2.05, 4.69) is 20.4 Å². The van der Waals surface area contributed by atoms with E-state index in [4.69, 9.17) is 16.7 Å². The van der Waals surface area contributed by atoms with Crippen molar-refractivity contribution in [3.05, 3.63) is 52.8 Å². The molecule has 1 aromatic carbocycles. The highest BCUT2D eigenvalue weighted by atomic mass is 35.5. The molecule has 0 saturated carbocycles. The molecule has 7 nitrogen and oxygen atoms in total. The fraction of sp³-hybridized carbons (Fsp3) is 0.400. The molecular weight excluding hydrogens is 376 g/mol. The van der Waals surface area contributed by atoms with E-state index in [-0.39, 0.29) is 5.91 Å². The van der Waals surface area contributed by atoms with E-state index in [9.17, 15) is 4.79 Å². The predicted octanol–water partition coefficient (Wildman–Crippen LogP) is 3.13. The lowest BCUT2D eigenvalue weighted by Gasteiger charge is -2.21. The Morgan fingerprint density at radius 1 is 1.07 bits per heavy atom. The van der Waals surface area contributed by atoms with Crippen LogP contribution in [0, 0.1) is 0 Å². The van der Waals surface area contributed by atoms with Crippen molar-refractivity contribution in [2.75, 3.05) is 24.5 Å². The van der Waals surface area contributed by atoms with E-state index in [0.29, 0.717) is 23.6 Å². The number of hydrogen-bond donors (Lipinski definition) is 1. The van der Waals surface area contributed by atoms with Gasteiger partial charge in [-0.2, -0.15) is 4.52 Å². The molecule has 0 spiro atoms. The molecule has 3 heterocycles. The SMILES string of the molecule is O=C(NCCc1nnc2ccc(N3CCCCCC3)nn12)c1cccc(Cl)c1. The normalized spacial score (nSPS) is 14.8. The Bertz CT molecular complexity index is 964. The van der Waals surface area contributed by atoms with Gasteiger partial charge in [0, 0.05) is 36.6 Å². The van der Waals surface area contributed by atoms with E-state index in [0.717, 1.165) is 30.4 Å². The maximum absolute atomic E-state index is 12.2. The number of nitrogens with zero attached hydrogens (tertiary/aromatic N) is 5. The van der Waals surface area contributed by atoms with Gasteiger partial charge in [0.15, 0.2) is 11.5 Å². The second-order valence-corrected chi connectivity index (χ2v) is 7.43. The third-order valence-electron chi connectivity index (χ3n) is 4.96. The molecule has 28 heavy (non-hydrogen) atoms. The number of anilines is 1. The molecule has 0 unspecified atom stereocenters. The highest BCUT2D eigenvalue weighted by Crippen LogP contribution is 2.18. The summed E-state index contributed by atoms with van der Waals surface area (Å²) in [5.41, 5.74) is 1.26. The standard InChI is InChI=1S/C20H23ClN6O/c21-16-7-5-6-15(14-16)20(28)22-11-10-18-24-23-17-8-9-19(25-27(17)18)26-12-3-1-2-4-13-26/h5-9,14H,1-4,10-13H2,(H,22,28). The fourth-order valence-electron chi connectivity index (χ4n) is 3.47. The van der Waals surface area contributed by atoms with Crippen LogP contribution in [0.3, 0.4) is 0 Å². The van der Waals surface area contributed by atoms with Crippen molar-refractivity contribution in [3.63, 3.8) is 0 Å². The minimum Gasteiger partial charge on any atom is -0.355 e. The molecule has 2 aromatic heterocycles. The summed E-state index contributed by atoms with van der Waals surface area (Å²) in [6.45, 7) is 2.51. The predicted molar refractivity (Wildman–Crippen MR) is 109 cm³/mol. The smallest absolute Gasteiger partial charge is 0.251 e. The molecule has 1 aliphatic rings. The van der Waals surface area contributed by atoms with E-state index in [1.807, 2.05) is 12.1 Å². The number of rotatable bonds is 5. The van der Waals surface area contributed by atoms with Gasteiger partial charge in [-0.3, -0.25) is 4.79 Å². The summed E-state index contributed by atoms with van der Waals surface area (Å²) < 4.78 is 1.78. The molecule has 0 aliphatic carbocycles. The van der Waals surface area contributed by atoms with Crippen LogP contribution < -0.4 is 10.2 Å². The first-order valence-corrected chi connectivity index (χ1v) is 10.1. The molecule has 0 atom stereocenters. The molecule has 8 heteroatoms. The quantitative estimate of drug-likeness (QED) is 0.714. The second kappa shape index (κ2) is 8.56. The topological polar surface area (TPSA) is 75.4 Å². The zero-order valence-corrected chi connectivity index (χ0v) is 16.4. The van der Waals surface area contributed by atoms with Gasteiger partial charge in [0.25, 0.3) is 5.91 Å². The van der Waals surface area contributed by atoms with Crippen molar-refractivity contribution in [1.29, 1.82) is 0 Å². The molecule has 1 fully saturated rings. The second-order valence-electron chi connectivity index (χ2n) is 7.00. The number of amides is 1. The number of carbonyl (C=O) groups is 1. The maximum Gasteiger partial charge on any atom is 0.251 e. The average Bonchev–Trinajstić information content (AvgIpc) is 2.92. The molecule has 1 saturated heterocycles. The Morgan fingerprint density at radius 2 is 1.89 bits per heavy atom. The highest BCUT2D eigenvalue weighted by Gasteiger charge is 2.14. The number of nitrogens with one attached hydrogen (secondary N) is 1. The Balaban J connectivity index is 1.43. The van der Waals surface area contributed by atoms with Crippen molar-refractivity contribution in [2.24, 2.45) is 0 Å². The van der Waals surface area contributed by atoms with E-state index < -0.39 is 0 Å². The van der Waals surface area contributed by atoms with Crippen molar-refractivity contribution < 1.29 is 4.79 Å². The summed E-state index contributed by atoms with van der Waals surface area (Å²) in [5.74, 6) is 1.53. The molecular formula is C20H23ClN6O. The third kappa shape index (κ3) is 4.25. The Morgan fingerprint density at radius 3 is 2.68 bits per heavy atom. The number of fused-ring (bicyclic) bond motifs is 1. The summed E-state index contributed by atoms with van der Waals surface area (Å²) in [5, 5.41) is 16.6. The molecule has 0 bridgehead atoms. The van der Waals surface area contributed by atoms with Gasteiger partial charge in [-0.15, -0.1) is 15.3 Å². The zero-order chi connectivity index (χ0) is 19.3. The lowest BCUT2D eigenvalue weighted by molar-refractivity contribution is 0.0954. The van der Waals surface area contributed by atoms with E-state index >= 15 is 0 Å². The van der Waals surface area contributed by atoms with E-state index in [1.54, 1.807) is 28.8 Å². The van der Waals surface area contributed by atoms with Gasteiger partial charge < -0.3 is 10.2 Å². The maximum atomic E-state index is 12.2. The lowest BCUT2D eigenvalue weighted by atomic mass is 10.2. The number of benzene rings is 1. The van der Waals surface area contributed by atoms with Gasteiger partial charge in [0.2, 0.25) is 0 Å². The Hall–Kier alpha value is -2.67. The van der Waals surface area contributed by atoms with Crippen LogP contribution in [0.5, 0.6) is 0 Å². The highest BCUT2D eigenvalue weighted by molar-refractivity contribution is 6.30. The number of carbonyl (C=O) groups excluding carboxylic acids is 1. The summed E-state index contributed by atoms with van der Waals surface area (Å²) in [6.07, 6.45) is 5.50. The number of aromatic nitrogens is 4. The minimum absolute atomic E-state index is 0.158. The monoisotopic (exact) mass is 398 g/mol. The summed E-state index contributed by atoms with van der Waals surface area (Å²) in [4.78, 5) is 14.6. The molecule has 3 aromatic rings. The minimum atomic E-state index is -0.158. The van der Waals surface area contributed by atoms with Gasteiger partial charge in [0.1, 0.15) is 5.82 Å². The average molecular weight is 399 g/mol. The first-order valence-electron chi connectivity index (χ1n) is 9.71. The van der Waals surface area contributed by atoms with Crippen LogP contribution >= 0.6 is 11.6 Å². The fourth-order valence-corrected chi connectivity index (χ4v) is 3.66. The first-order chi connectivity index (χ1) is 13.7. The molecule has 1 N–H and O–H groups in total. The van der Waals surface area contributed by atoms with Crippen LogP contribution in [0.15, 0.2) is 36.4 Å². The molecule has 1 amide bonds. The van der Waals surface area contributed by atoms with Crippen molar-refractivity contribution in [3.8, 4) is 0 Å². The van der Waals surface area contributed by atoms with Gasteiger partial charge in [-0.1, -0.05) is 30.5 Å². The first kappa shape index (κ1) is 18.7. The van der Waals surface area contributed by atoms with Crippen LogP contribution in [0.1, 0.15) is 41.9 Å². The summed E-state index contributed by atoms with van der Waals surface area (Å²) in [6, 6.07) is 10.9. The van der Waals surface area contributed by atoms with E-state index in [1.165, 1.54) is 25.7 Å². The van der Waals surface area contributed by atoms with Crippen molar-refractivity contribution in [2.45, 2.75) is 32.1 Å². The van der Waals surface area contributed by atoms with Gasteiger partial charge in [0.05, 0.1) is 0 Å². The van der Waals surface area contributed by atoms with Gasteiger partial charge in [-0.05, 0) is 43.2 Å². The van der Waals surface area contributed by atoms with Crippen molar-refractivity contribution in [1.82, 2.24) is 25.1 Å². The van der Waals surface area contributed by atoms with Crippen LogP contribution in [-0.2, 0) is 6.42 Å². The van der Waals surface area contributed by atoms with Crippen LogP contribution in [0.25, 0.3) is 5.65 Å². The third-order valence-corrected chi connectivity index (χ3v) is 5.20. The summed E-state index contributed by atoms with van der Waals surface area (Å²) in [7, 11) is 0. The number of halogens is 1. The lowest BCUT2D eigenvalue weighted by Crippen LogP contribution is -2.27.